The van der Waals surface area contributed by atoms with Crippen molar-refractivity contribution in [1.82, 2.24) is 19.8 Å². The molecule has 2 aromatic heterocycles. The Balaban J connectivity index is 1.49. The van der Waals surface area contributed by atoms with E-state index >= 15 is 0 Å². The van der Waals surface area contributed by atoms with Crippen LogP contribution in [0.3, 0.4) is 0 Å². The largest absolute Gasteiger partial charge is 0.438 e. The van der Waals surface area contributed by atoms with Gasteiger partial charge in [-0.05, 0) is 54.6 Å². The lowest BCUT2D eigenvalue weighted by atomic mass is 9.90. The van der Waals surface area contributed by atoms with Crippen LogP contribution in [-0.4, -0.2) is 44.7 Å². The van der Waals surface area contributed by atoms with E-state index in [1.54, 1.807) is 83.0 Å². The maximum Gasteiger partial charge on any atom is 0.261 e. The number of fused-ring (bicyclic) bond motifs is 3. The second-order valence-corrected chi connectivity index (χ2v) is 9.30. The van der Waals surface area contributed by atoms with Crippen molar-refractivity contribution in [3.63, 3.8) is 0 Å². The number of hydrogen-bond acceptors (Lipinski definition) is 5. The number of carbonyl (C=O) groups is 2. The maximum absolute atomic E-state index is 14.2. The number of halogens is 2. The van der Waals surface area contributed by atoms with Gasteiger partial charge in [-0.3, -0.25) is 14.6 Å². The summed E-state index contributed by atoms with van der Waals surface area (Å²) in [5.74, 6) is 0.175. The first-order valence-electron chi connectivity index (χ1n) is 11.2. The first kappa shape index (κ1) is 22.5. The number of nitrogens with zero attached hydrogens (tertiary/aromatic N) is 4. The number of carbonyl (C=O) groups excluding carboxylic acids is 2. The minimum Gasteiger partial charge on any atom is -0.438 e. The van der Waals surface area contributed by atoms with Gasteiger partial charge in [-0.25, -0.2) is 4.98 Å². The van der Waals surface area contributed by atoms with Gasteiger partial charge in [0.25, 0.3) is 11.8 Å². The molecular weight excluding hydrogens is 499 g/mol. The molecule has 0 radical (unpaired) electrons. The normalized spacial score (nSPS) is 18.2. The fraction of sp³-hybridized carbons (Fsp3) is 0.111. The summed E-state index contributed by atoms with van der Waals surface area (Å²) in [5.41, 5.74) is 0.998. The highest BCUT2D eigenvalue weighted by atomic mass is 35.5. The molecule has 2 aliphatic rings. The van der Waals surface area contributed by atoms with E-state index in [0.29, 0.717) is 40.0 Å². The number of rotatable bonds is 4. The van der Waals surface area contributed by atoms with Crippen molar-refractivity contribution in [2.24, 2.45) is 0 Å². The Kier molecular flexibility index (Phi) is 5.39. The predicted octanol–water partition coefficient (Wildman–Crippen LogP) is 5.39. The molecule has 9 heteroatoms. The van der Waals surface area contributed by atoms with Gasteiger partial charge in [0, 0.05) is 52.9 Å². The van der Waals surface area contributed by atoms with Gasteiger partial charge in [0.2, 0.25) is 5.88 Å². The van der Waals surface area contributed by atoms with E-state index < -0.39 is 5.66 Å². The van der Waals surface area contributed by atoms with Crippen LogP contribution in [0.4, 0.5) is 0 Å². The Labute approximate surface area is 216 Å². The highest BCUT2D eigenvalue weighted by Gasteiger charge is 2.60. The quantitative estimate of drug-likeness (QED) is 0.363. The van der Waals surface area contributed by atoms with E-state index in [1.165, 1.54) is 0 Å². The van der Waals surface area contributed by atoms with E-state index in [1.807, 2.05) is 12.1 Å². The van der Waals surface area contributed by atoms with Crippen LogP contribution in [0.2, 0.25) is 10.0 Å². The monoisotopic (exact) mass is 516 g/mol. The summed E-state index contributed by atoms with van der Waals surface area (Å²) in [4.78, 5) is 39.7. The van der Waals surface area contributed by atoms with Crippen LogP contribution in [0.25, 0.3) is 0 Å². The molecule has 6 rings (SSSR count). The third-order valence-electron chi connectivity index (χ3n) is 6.52. The van der Waals surface area contributed by atoms with Gasteiger partial charge in [0.05, 0.1) is 5.56 Å². The summed E-state index contributed by atoms with van der Waals surface area (Å²) in [5, 5.41) is 1.12. The van der Waals surface area contributed by atoms with Crippen LogP contribution >= 0.6 is 23.2 Å². The Morgan fingerprint density at radius 3 is 2.39 bits per heavy atom. The fourth-order valence-electron chi connectivity index (χ4n) is 5.01. The lowest BCUT2D eigenvalue weighted by Crippen LogP contribution is -2.51. The van der Waals surface area contributed by atoms with Gasteiger partial charge in [-0.15, -0.1) is 0 Å². The molecule has 1 atom stereocenters. The number of benzene rings is 2. The minimum absolute atomic E-state index is 0.151. The molecule has 4 heterocycles. The van der Waals surface area contributed by atoms with Gasteiger partial charge in [0.15, 0.2) is 5.66 Å². The molecule has 2 amide bonds. The second-order valence-electron chi connectivity index (χ2n) is 8.43. The van der Waals surface area contributed by atoms with Crippen LogP contribution in [0.5, 0.6) is 11.6 Å². The van der Waals surface area contributed by atoms with Gasteiger partial charge < -0.3 is 14.5 Å². The summed E-state index contributed by atoms with van der Waals surface area (Å²) in [6.45, 7) is 0.673. The van der Waals surface area contributed by atoms with Crippen molar-refractivity contribution in [1.29, 1.82) is 0 Å². The molecule has 0 bridgehead atoms. The lowest BCUT2D eigenvalue weighted by molar-refractivity contribution is 0.0373. The van der Waals surface area contributed by atoms with E-state index in [9.17, 15) is 9.59 Å². The maximum atomic E-state index is 14.2. The zero-order chi connectivity index (χ0) is 24.9. The number of amides is 2. The van der Waals surface area contributed by atoms with E-state index in [4.69, 9.17) is 27.9 Å². The van der Waals surface area contributed by atoms with Crippen LogP contribution < -0.4 is 4.74 Å². The zero-order valence-electron chi connectivity index (χ0n) is 18.8. The molecule has 1 saturated heterocycles. The summed E-state index contributed by atoms with van der Waals surface area (Å²) in [7, 11) is 0. The highest BCUT2D eigenvalue weighted by Crippen LogP contribution is 2.50. The molecule has 2 aromatic carbocycles. The second kappa shape index (κ2) is 8.62. The molecule has 1 fully saturated rings. The molecule has 4 aromatic rings. The number of hydrogen-bond donors (Lipinski definition) is 0. The Morgan fingerprint density at radius 2 is 1.64 bits per heavy atom. The van der Waals surface area contributed by atoms with Crippen LogP contribution in [0.1, 0.15) is 31.8 Å². The minimum atomic E-state index is -1.17. The smallest absolute Gasteiger partial charge is 0.261 e. The van der Waals surface area contributed by atoms with Crippen molar-refractivity contribution in [3.8, 4) is 11.6 Å². The van der Waals surface area contributed by atoms with Crippen molar-refractivity contribution >= 4 is 35.0 Å². The van der Waals surface area contributed by atoms with Crippen molar-refractivity contribution in [2.75, 3.05) is 13.1 Å². The molecule has 0 saturated carbocycles. The van der Waals surface area contributed by atoms with Crippen molar-refractivity contribution in [3.05, 3.63) is 118 Å². The summed E-state index contributed by atoms with van der Waals surface area (Å²) >= 11 is 12.2. The standard InChI is InChI=1S/C27H18Cl2N4O3/c28-18-5-3-17(4-6-18)27-23-16-30-13-11-21(23)25(34)32(27)14-15-33(27)26(35)22-2-1-12-31-24(22)36-20-9-7-19(29)8-10-20/h1-13,16H,14-15H2. The summed E-state index contributed by atoms with van der Waals surface area (Å²) < 4.78 is 5.97. The lowest BCUT2D eigenvalue weighted by Gasteiger charge is -2.40. The Hall–Kier alpha value is -3.94. The molecule has 36 heavy (non-hydrogen) atoms. The molecule has 2 aliphatic heterocycles. The molecule has 0 N–H and O–H groups in total. The molecule has 1 unspecified atom stereocenters. The molecular formula is C27H18Cl2N4O3. The average Bonchev–Trinajstić information content (AvgIpc) is 3.41. The van der Waals surface area contributed by atoms with E-state index in [2.05, 4.69) is 9.97 Å². The first-order chi connectivity index (χ1) is 17.5. The molecule has 178 valence electrons. The number of aromatic nitrogens is 2. The Bertz CT molecular complexity index is 1490. The van der Waals surface area contributed by atoms with Crippen LogP contribution in [-0.2, 0) is 5.66 Å². The van der Waals surface area contributed by atoms with Gasteiger partial charge in [0.1, 0.15) is 11.3 Å². The van der Waals surface area contributed by atoms with Gasteiger partial charge >= 0.3 is 0 Å². The van der Waals surface area contributed by atoms with Crippen molar-refractivity contribution in [2.45, 2.75) is 5.66 Å². The van der Waals surface area contributed by atoms with Gasteiger partial charge in [-0.2, -0.15) is 0 Å². The molecule has 0 aliphatic carbocycles. The average molecular weight is 517 g/mol. The summed E-state index contributed by atoms with van der Waals surface area (Å²) in [6.07, 6.45) is 4.80. The number of pyridine rings is 2. The molecule has 7 nitrogen and oxygen atoms in total. The first-order valence-corrected chi connectivity index (χ1v) is 12.0. The van der Waals surface area contributed by atoms with E-state index in [-0.39, 0.29) is 23.3 Å². The zero-order valence-corrected chi connectivity index (χ0v) is 20.3. The number of ether oxygens (including phenoxy) is 1. The highest BCUT2D eigenvalue weighted by molar-refractivity contribution is 6.30. The van der Waals surface area contributed by atoms with Crippen LogP contribution in [0.15, 0.2) is 85.3 Å². The van der Waals surface area contributed by atoms with Gasteiger partial charge in [-0.1, -0.05) is 35.3 Å². The van der Waals surface area contributed by atoms with E-state index in [0.717, 1.165) is 5.56 Å². The SMILES string of the molecule is O=C1c2ccncc2C2(c3ccc(Cl)cc3)N1CCN2C(=O)c1cccnc1Oc1ccc(Cl)cc1. The Morgan fingerprint density at radius 1 is 0.917 bits per heavy atom. The van der Waals surface area contributed by atoms with Crippen molar-refractivity contribution < 1.29 is 14.3 Å². The van der Waals surface area contributed by atoms with Crippen LogP contribution in [0, 0.1) is 0 Å². The third-order valence-corrected chi connectivity index (χ3v) is 7.03. The molecule has 0 spiro atoms. The fourth-order valence-corrected chi connectivity index (χ4v) is 5.26. The predicted molar refractivity (Wildman–Crippen MR) is 134 cm³/mol. The summed E-state index contributed by atoms with van der Waals surface area (Å²) in [6, 6.07) is 19.0. The topological polar surface area (TPSA) is 75.6 Å². The third kappa shape index (κ3) is 3.35.